The van der Waals surface area contributed by atoms with Crippen LogP contribution in [-0.4, -0.2) is 17.1 Å². The highest BCUT2D eigenvalue weighted by molar-refractivity contribution is 7.16. The van der Waals surface area contributed by atoms with Gasteiger partial charge in [0.15, 0.2) is 0 Å². The van der Waals surface area contributed by atoms with Gasteiger partial charge in [-0.15, -0.1) is 11.3 Å². The normalized spacial score (nSPS) is 10.7. The molecule has 0 saturated heterocycles. The maximum Gasteiger partial charge on any atom is 0.227 e. The van der Waals surface area contributed by atoms with Gasteiger partial charge in [0.2, 0.25) is 11.2 Å². The summed E-state index contributed by atoms with van der Waals surface area (Å²) in [6.45, 7) is 0.398. The van der Waals surface area contributed by atoms with Crippen LogP contribution in [0.25, 0.3) is 10.2 Å². The largest absolute Gasteiger partial charge is 0.497 e. The van der Waals surface area contributed by atoms with Crippen molar-refractivity contribution in [2.75, 3.05) is 7.11 Å². The summed E-state index contributed by atoms with van der Waals surface area (Å²) in [6.07, 6.45) is 0. The van der Waals surface area contributed by atoms with Crippen molar-refractivity contribution in [3.63, 3.8) is 0 Å². The van der Waals surface area contributed by atoms with Crippen molar-refractivity contribution >= 4 is 33.2 Å². The van der Waals surface area contributed by atoms with Crippen LogP contribution < -0.4 is 9.47 Å². The monoisotopic (exact) mass is 306 g/mol. The second-order valence-electron chi connectivity index (χ2n) is 4.08. The molecule has 0 spiro atoms. The molecule has 1 aromatic carbocycles. The Labute approximate surface area is 125 Å². The van der Waals surface area contributed by atoms with Crippen molar-refractivity contribution in [1.82, 2.24) is 9.97 Å². The summed E-state index contributed by atoms with van der Waals surface area (Å²) in [5, 5.41) is 3.01. The van der Waals surface area contributed by atoms with Gasteiger partial charge in [-0.25, -0.2) is 4.98 Å². The second-order valence-corrected chi connectivity index (χ2v) is 5.31. The molecule has 0 radical (unpaired) electrons. The third kappa shape index (κ3) is 2.69. The van der Waals surface area contributed by atoms with Gasteiger partial charge in [-0.2, -0.15) is 4.98 Å². The Morgan fingerprint density at radius 2 is 2.15 bits per heavy atom. The minimum atomic E-state index is 0.195. The average Bonchev–Trinajstić information content (AvgIpc) is 2.93. The Hall–Kier alpha value is -1.85. The van der Waals surface area contributed by atoms with Crippen LogP contribution in [0.15, 0.2) is 35.7 Å². The number of thiophene rings is 1. The predicted molar refractivity (Wildman–Crippen MR) is 79.8 cm³/mol. The molecule has 0 amide bonds. The number of benzene rings is 1. The Kier molecular flexibility index (Phi) is 3.71. The minimum Gasteiger partial charge on any atom is -0.497 e. The van der Waals surface area contributed by atoms with E-state index in [9.17, 15) is 0 Å². The molecule has 0 atom stereocenters. The molecule has 20 heavy (non-hydrogen) atoms. The van der Waals surface area contributed by atoms with Crippen LogP contribution in [0.4, 0.5) is 0 Å². The first-order chi connectivity index (χ1) is 9.76. The van der Waals surface area contributed by atoms with Crippen molar-refractivity contribution in [3.05, 3.63) is 46.6 Å². The van der Waals surface area contributed by atoms with Gasteiger partial charge < -0.3 is 9.47 Å². The van der Waals surface area contributed by atoms with Crippen molar-refractivity contribution in [3.8, 4) is 11.6 Å². The summed E-state index contributed by atoms with van der Waals surface area (Å²) in [7, 11) is 1.64. The van der Waals surface area contributed by atoms with E-state index in [1.807, 2.05) is 35.7 Å². The lowest BCUT2D eigenvalue weighted by Crippen LogP contribution is -1.99. The van der Waals surface area contributed by atoms with E-state index >= 15 is 0 Å². The fraction of sp³-hybridized carbons (Fsp3) is 0.143. The standard InChI is InChI=1S/C14H11ClN2O2S/c1-18-10-4-2-3-9(7-10)8-19-12-11-5-6-20-13(11)17-14(15)16-12/h2-7H,8H2,1H3. The minimum absolute atomic E-state index is 0.195. The van der Waals surface area contributed by atoms with E-state index < -0.39 is 0 Å². The van der Waals surface area contributed by atoms with E-state index in [0.717, 1.165) is 21.5 Å². The van der Waals surface area contributed by atoms with E-state index in [2.05, 4.69) is 9.97 Å². The number of aromatic nitrogens is 2. The number of nitrogens with zero attached hydrogens (tertiary/aromatic N) is 2. The van der Waals surface area contributed by atoms with Gasteiger partial charge in [0.05, 0.1) is 12.5 Å². The lowest BCUT2D eigenvalue weighted by molar-refractivity contribution is 0.297. The third-order valence-electron chi connectivity index (χ3n) is 2.77. The van der Waals surface area contributed by atoms with Gasteiger partial charge in [-0.05, 0) is 40.7 Å². The molecule has 102 valence electrons. The molecule has 2 heterocycles. The summed E-state index contributed by atoms with van der Waals surface area (Å²) >= 11 is 7.40. The van der Waals surface area contributed by atoms with Crippen molar-refractivity contribution in [2.24, 2.45) is 0 Å². The number of ether oxygens (including phenoxy) is 2. The SMILES string of the molecule is COc1cccc(COc2nc(Cl)nc3sccc23)c1. The average molecular weight is 307 g/mol. The molecular formula is C14H11ClN2O2S. The molecule has 0 aliphatic rings. The Balaban J connectivity index is 1.84. The number of hydrogen-bond donors (Lipinski definition) is 0. The lowest BCUT2D eigenvalue weighted by Gasteiger charge is -2.08. The smallest absolute Gasteiger partial charge is 0.227 e. The Bertz CT molecular complexity index is 745. The van der Waals surface area contributed by atoms with E-state index in [1.54, 1.807) is 7.11 Å². The van der Waals surface area contributed by atoms with Gasteiger partial charge >= 0.3 is 0 Å². The topological polar surface area (TPSA) is 44.2 Å². The summed E-state index contributed by atoms with van der Waals surface area (Å²) in [6, 6.07) is 9.63. The molecule has 0 unspecified atom stereocenters. The quantitative estimate of drug-likeness (QED) is 0.685. The molecule has 6 heteroatoms. The second kappa shape index (κ2) is 5.64. The van der Waals surface area contributed by atoms with E-state index in [0.29, 0.717) is 12.5 Å². The zero-order valence-electron chi connectivity index (χ0n) is 10.7. The molecular weight excluding hydrogens is 296 g/mol. The van der Waals surface area contributed by atoms with Crippen LogP contribution in [0, 0.1) is 0 Å². The summed E-state index contributed by atoms with van der Waals surface area (Å²) < 4.78 is 10.9. The van der Waals surface area contributed by atoms with Crippen LogP contribution >= 0.6 is 22.9 Å². The van der Waals surface area contributed by atoms with Crippen molar-refractivity contribution in [1.29, 1.82) is 0 Å². The molecule has 3 aromatic rings. The molecule has 0 fully saturated rings. The van der Waals surface area contributed by atoms with Crippen molar-refractivity contribution in [2.45, 2.75) is 6.61 Å². The van der Waals surface area contributed by atoms with Crippen LogP contribution in [0.2, 0.25) is 5.28 Å². The summed E-state index contributed by atoms with van der Waals surface area (Å²) in [5.74, 6) is 1.30. The van der Waals surface area contributed by atoms with Crippen LogP contribution in [0.5, 0.6) is 11.6 Å². The number of halogens is 1. The maximum absolute atomic E-state index is 5.89. The number of rotatable bonds is 4. The zero-order valence-corrected chi connectivity index (χ0v) is 12.2. The van der Waals surface area contributed by atoms with Gasteiger partial charge in [0.1, 0.15) is 17.2 Å². The van der Waals surface area contributed by atoms with Gasteiger partial charge in [0.25, 0.3) is 0 Å². The molecule has 3 rings (SSSR count). The molecule has 0 N–H and O–H groups in total. The molecule has 0 saturated carbocycles. The predicted octanol–water partition coefficient (Wildman–Crippen LogP) is 3.93. The molecule has 2 aromatic heterocycles. The van der Waals surface area contributed by atoms with Crippen LogP contribution in [-0.2, 0) is 6.61 Å². The van der Waals surface area contributed by atoms with Gasteiger partial charge in [-0.1, -0.05) is 12.1 Å². The zero-order chi connectivity index (χ0) is 13.9. The Morgan fingerprint density at radius 3 is 3.00 bits per heavy atom. The molecule has 0 aliphatic carbocycles. The van der Waals surface area contributed by atoms with Gasteiger partial charge in [-0.3, -0.25) is 0 Å². The summed E-state index contributed by atoms with van der Waals surface area (Å²) in [5.41, 5.74) is 1.00. The maximum atomic E-state index is 5.89. The Morgan fingerprint density at radius 1 is 1.25 bits per heavy atom. The first-order valence-electron chi connectivity index (χ1n) is 5.93. The van der Waals surface area contributed by atoms with E-state index in [-0.39, 0.29) is 5.28 Å². The third-order valence-corrected chi connectivity index (χ3v) is 3.75. The fourth-order valence-corrected chi connectivity index (χ4v) is 2.79. The highest BCUT2D eigenvalue weighted by Gasteiger charge is 2.09. The summed E-state index contributed by atoms with van der Waals surface area (Å²) in [4.78, 5) is 9.11. The first kappa shape index (κ1) is 13.1. The van der Waals surface area contributed by atoms with Crippen LogP contribution in [0.1, 0.15) is 5.56 Å². The van der Waals surface area contributed by atoms with Crippen molar-refractivity contribution < 1.29 is 9.47 Å². The molecule has 0 aliphatic heterocycles. The molecule has 0 bridgehead atoms. The van der Waals surface area contributed by atoms with Crippen LogP contribution in [0.3, 0.4) is 0 Å². The van der Waals surface area contributed by atoms with E-state index in [4.69, 9.17) is 21.1 Å². The fourth-order valence-electron chi connectivity index (χ4n) is 1.83. The van der Waals surface area contributed by atoms with Gasteiger partial charge in [0, 0.05) is 0 Å². The lowest BCUT2D eigenvalue weighted by atomic mass is 10.2. The number of fused-ring (bicyclic) bond motifs is 1. The first-order valence-corrected chi connectivity index (χ1v) is 7.18. The highest BCUT2D eigenvalue weighted by Crippen LogP contribution is 2.28. The molecule has 4 nitrogen and oxygen atoms in total. The number of hydrogen-bond acceptors (Lipinski definition) is 5. The highest BCUT2D eigenvalue weighted by atomic mass is 35.5. The van der Waals surface area contributed by atoms with E-state index in [1.165, 1.54) is 11.3 Å². The number of methoxy groups -OCH3 is 1.